The number of benzene rings is 2. The largest absolute Gasteiger partial charge is 0.496 e. The molecule has 1 aromatic heterocycles. The monoisotopic (exact) mass is 334 g/mol. The van der Waals surface area contributed by atoms with Crippen LogP contribution < -0.4 is 15.0 Å². The molecule has 0 bridgehead atoms. The number of para-hydroxylation sites is 1. The molecule has 1 heterocycles. The summed E-state index contributed by atoms with van der Waals surface area (Å²) in [7, 11) is 3.71. The molecule has 0 amide bonds. The van der Waals surface area contributed by atoms with Crippen molar-refractivity contribution in [2.45, 2.75) is 13.1 Å². The second-order valence-electron chi connectivity index (χ2n) is 5.77. The van der Waals surface area contributed by atoms with Crippen molar-refractivity contribution in [3.63, 3.8) is 0 Å². The molecule has 3 aromatic rings. The summed E-state index contributed by atoms with van der Waals surface area (Å²) in [6.07, 6.45) is 1.58. The van der Waals surface area contributed by atoms with Crippen LogP contribution in [-0.4, -0.2) is 24.1 Å². The molecule has 0 fully saturated rings. The summed E-state index contributed by atoms with van der Waals surface area (Å²) in [6.45, 7) is 1.44. The van der Waals surface area contributed by atoms with Gasteiger partial charge < -0.3 is 15.0 Å². The summed E-state index contributed by atoms with van der Waals surface area (Å²) in [5.74, 6) is 2.53. The standard InChI is InChI=1S/C20H22N4O/c1-24(14-16-8-4-3-5-9-16)20-12-19(22-15-23-20)21-13-17-10-6-7-11-18(17)25-2/h3-12,15H,13-14H2,1-2H3,(H,21,22,23). The minimum atomic E-state index is 0.642. The normalized spacial score (nSPS) is 10.3. The van der Waals surface area contributed by atoms with Gasteiger partial charge in [0.05, 0.1) is 7.11 Å². The Morgan fingerprint density at radius 2 is 1.76 bits per heavy atom. The van der Waals surface area contributed by atoms with Gasteiger partial charge in [0.1, 0.15) is 23.7 Å². The lowest BCUT2D eigenvalue weighted by atomic mass is 10.2. The minimum Gasteiger partial charge on any atom is -0.496 e. The molecule has 0 aliphatic rings. The highest BCUT2D eigenvalue weighted by Crippen LogP contribution is 2.20. The maximum Gasteiger partial charge on any atom is 0.134 e. The predicted molar refractivity (Wildman–Crippen MR) is 101 cm³/mol. The molecule has 1 N–H and O–H groups in total. The quantitative estimate of drug-likeness (QED) is 0.713. The van der Waals surface area contributed by atoms with E-state index in [9.17, 15) is 0 Å². The Bertz CT molecular complexity index is 808. The fourth-order valence-electron chi connectivity index (χ4n) is 2.63. The Hall–Kier alpha value is -3.08. The third-order valence-electron chi connectivity index (χ3n) is 3.96. The molecular weight excluding hydrogens is 312 g/mol. The molecule has 128 valence electrons. The van der Waals surface area contributed by atoms with E-state index in [0.717, 1.165) is 29.5 Å². The molecule has 0 aliphatic heterocycles. The summed E-state index contributed by atoms with van der Waals surface area (Å²) in [6, 6.07) is 20.2. The van der Waals surface area contributed by atoms with Crippen LogP contribution in [0.1, 0.15) is 11.1 Å². The SMILES string of the molecule is COc1ccccc1CNc1cc(N(C)Cc2ccccc2)ncn1. The average Bonchev–Trinajstić information content (AvgIpc) is 2.67. The van der Waals surface area contributed by atoms with Crippen molar-refractivity contribution in [1.29, 1.82) is 0 Å². The first-order valence-electron chi connectivity index (χ1n) is 8.19. The molecule has 2 aromatic carbocycles. The Morgan fingerprint density at radius 1 is 1.00 bits per heavy atom. The Kier molecular flexibility index (Phi) is 5.46. The number of hydrogen-bond donors (Lipinski definition) is 1. The van der Waals surface area contributed by atoms with Crippen LogP contribution in [0, 0.1) is 0 Å². The summed E-state index contributed by atoms with van der Waals surface area (Å²) in [5.41, 5.74) is 2.33. The first kappa shape index (κ1) is 16.8. The molecule has 0 saturated heterocycles. The smallest absolute Gasteiger partial charge is 0.134 e. The van der Waals surface area contributed by atoms with Crippen LogP contribution in [0.4, 0.5) is 11.6 Å². The Morgan fingerprint density at radius 3 is 2.56 bits per heavy atom. The first-order valence-corrected chi connectivity index (χ1v) is 8.19. The maximum absolute atomic E-state index is 5.38. The molecule has 0 spiro atoms. The molecule has 0 radical (unpaired) electrons. The lowest BCUT2D eigenvalue weighted by molar-refractivity contribution is 0.410. The van der Waals surface area contributed by atoms with Crippen LogP contribution in [0.2, 0.25) is 0 Å². The van der Waals surface area contributed by atoms with E-state index >= 15 is 0 Å². The highest BCUT2D eigenvalue weighted by Gasteiger charge is 2.06. The van der Waals surface area contributed by atoms with Crippen LogP contribution in [0.5, 0.6) is 5.75 Å². The predicted octanol–water partition coefficient (Wildman–Crippen LogP) is 3.73. The number of nitrogens with one attached hydrogen (secondary N) is 1. The van der Waals surface area contributed by atoms with Crippen LogP contribution >= 0.6 is 0 Å². The van der Waals surface area contributed by atoms with E-state index in [-0.39, 0.29) is 0 Å². The van der Waals surface area contributed by atoms with E-state index in [4.69, 9.17) is 4.74 Å². The Balaban J connectivity index is 1.67. The van der Waals surface area contributed by atoms with Gasteiger partial charge in [0.15, 0.2) is 0 Å². The van der Waals surface area contributed by atoms with Crippen LogP contribution in [0.3, 0.4) is 0 Å². The number of anilines is 2. The lowest BCUT2D eigenvalue weighted by Gasteiger charge is -2.19. The molecule has 0 aliphatic carbocycles. The highest BCUT2D eigenvalue weighted by atomic mass is 16.5. The molecule has 5 nitrogen and oxygen atoms in total. The first-order chi connectivity index (χ1) is 12.3. The minimum absolute atomic E-state index is 0.642. The summed E-state index contributed by atoms with van der Waals surface area (Å²) < 4.78 is 5.38. The van der Waals surface area contributed by atoms with E-state index in [2.05, 4.69) is 32.3 Å². The number of ether oxygens (including phenoxy) is 1. The van der Waals surface area contributed by atoms with E-state index < -0.39 is 0 Å². The van der Waals surface area contributed by atoms with Gasteiger partial charge in [-0.3, -0.25) is 0 Å². The van der Waals surface area contributed by atoms with Crippen molar-refractivity contribution in [3.8, 4) is 5.75 Å². The second-order valence-corrected chi connectivity index (χ2v) is 5.77. The van der Waals surface area contributed by atoms with Gasteiger partial charge in [0.2, 0.25) is 0 Å². The van der Waals surface area contributed by atoms with E-state index in [1.165, 1.54) is 5.56 Å². The molecule has 0 saturated carbocycles. The van der Waals surface area contributed by atoms with Crippen molar-refractivity contribution in [1.82, 2.24) is 9.97 Å². The zero-order valence-corrected chi connectivity index (χ0v) is 14.5. The van der Waals surface area contributed by atoms with Gasteiger partial charge in [-0.1, -0.05) is 48.5 Å². The summed E-state index contributed by atoms with van der Waals surface area (Å²) >= 11 is 0. The highest BCUT2D eigenvalue weighted by molar-refractivity contribution is 5.49. The van der Waals surface area contributed by atoms with Crippen molar-refractivity contribution in [3.05, 3.63) is 78.1 Å². The van der Waals surface area contributed by atoms with E-state index in [1.54, 1.807) is 13.4 Å². The van der Waals surface area contributed by atoms with Gasteiger partial charge >= 0.3 is 0 Å². The van der Waals surface area contributed by atoms with Crippen molar-refractivity contribution >= 4 is 11.6 Å². The van der Waals surface area contributed by atoms with Gasteiger partial charge in [-0.2, -0.15) is 0 Å². The van der Waals surface area contributed by atoms with E-state index in [0.29, 0.717) is 6.54 Å². The molecule has 0 unspecified atom stereocenters. The van der Waals surface area contributed by atoms with Crippen LogP contribution in [0.25, 0.3) is 0 Å². The van der Waals surface area contributed by atoms with Gasteiger partial charge in [-0.05, 0) is 11.6 Å². The lowest BCUT2D eigenvalue weighted by Crippen LogP contribution is -2.18. The third kappa shape index (κ3) is 4.47. The molecule has 25 heavy (non-hydrogen) atoms. The molecule has 0 atom stereocenters. The second kappa shape index (κ2) is 8.15. The van der Waals surface area contributed by atoms with E-state index in [1.807, 2.05) is 55.6 Å². The number of nitrogens with zero attached hydrogens (tertiary/aromatic N) is 3. The topological polar surface area (TPSA) is 50.3 Å². The van der Waals surface area contributed by atoms with Gasteiger partial charge in [-0.15, -0.1) is 0 Å². The number of aromatic nitrogens is 2. The zero-order valence-electron chi connectivity index (χ0n) is 14.5. The van der Waals surface area contributed by atoms with Gasteiger partial charge in [0.25, 0.3) is 0 Å². The number of rotatable bonds is 7. The van der Waals surface area contributed by atoms with Gasteiger partial charge in [0, 0.05) is 31.8 Å². The van der Waals surface area contributed by atoms with Gasteiger partial charge in [-0.25, -0.2) is 9.97 Å². The van der Waals surface area contributed by atoms with Crippen LogP contribution in [-0.2, 0) is 13.1 Å². The molecule has 3 rings (SSSR count). The third-order valence-corrected chi connectivity index (χ3v) is 3.96. The summed E-state index contributed by atoms with van der Waals surface area (Å²) in [4.78, 5) is 10.8. The number of hydrogen-bond acceptors (Lipinski definition) is 5. The molecule has 5 heteroatoms. The Labute approximate surface area is 148 Å². The summed E-state index contributed by atoms with van der Waals surface area (Å²) in [5, 5.41) is 3.34. The maximum atomic E-state index is 5.38. The number of methoxy groups -OCH3 is 1. The van der Waals surface area contributed by atoms with Crippen molar-refractivity contribution in [2.24, 2.45) is 0 Å². The van der Waals surface area contributed by atoms with Crippen LogP contribution in [0.15, 0.2) is 67.0 Å². The van der Waals surface area contributed by atoms with Crippen molar-refractivity contribution < 1.29 is 4.74 Å². The zero-order chi connectivity index (χ0) is 17.5. The fraction of sp³-hybridized carbons (Fsp3) is 0.200. The van der Waals surface area contributed by atoms with Crippen molar-refractivity contribution in [2.75, 3.05) is 24.4 Å². The molecular formula is C20H22N4O. The average molecular weight is 334 g/mol. The fourth-order valence-corrected chi connectivity index (χ4v) is 2.63.